The molecule has 0 aromatic heterocycles. The van der Waals surface area contributed by atoms with Gasteiger partial charge in [0.25, 0.3) is 0 Å². The Kier molecular flexibility index (Phi) is 4.62. The Morgan fingerprint density at radius 2 is 1.81 bits per heavy atom. The highest BCUT2D eigenvalue weighted by molar-refractivity contribution is 4.86. The van der Waals surface area contributed by atoms with E-state index in [4.69, 9.17) is 4.74 Å². The van der Waals surface area contributed by atoms with Crippen LogP contribution in [0.15, 0.2) is 0 Å². The largest absolute Gasteiger partial charge is 0.389 e. The van der Waals surface area contributed by atoms with Gasteiger partial charge in [0.15, 0.2) is 0 Å². The predicted octanol–water partition coefficient (Wildman–Crippen LogP) is 1.84. The first-order valence-electron chi connectivity index (χ1n) is 6.83. The summed E-state index contributed by atoms with van der Waals surface area (Å²) in [5, 5.41) is 13.4. The fourth-order valence-corrected chi connectivity index (χ4v) is 2.88. The van der Waals surface area contributed by atoms with E-state index in [0.29, 0.717) is 6.10 Å². The normalized spacial score (nSPS) is 25.3. The van der Waals surface area contributed by atoms with E-state index in [9.17, 15) is 5.11 Å². The third kappa shape index (κ3) is 3.72. The fraction of sp³-hybridized carbons (Fsp3) is 1.00. The maximum Gasteiger partial charge on any atom is 0.0771 e. The lowest BCUT2D eigenvalue weighted by atomic mass is 10.0. The van der Waals surface area contributed by atoms with Crippen LogP contribution in [0.5, 0.6) is 0 Å². The minimum atomic E-state index is -0.423. The van der Waals surface area contributed by atoms with Crippen LogP contribution < -0.4 is 5.32 Å². The zero-order valence-corrected chi connectivity index (χ0v) is 10.2. The lowest BCUT2D eigenvalue weighted by Gasteiger charge is -2.22. The first-order valence-corrected chi connectivity index (χ1v) is 6.83. The third-order valence-electron chi connectivity index (χ3n) is 3.92. The van der Waals surface area contributed by atoms with Crippen molar-refractivity contribution >= 4 is 0 Å². The molecule has 0 heterocycles. The molecule has 2 saturated carbocycles. The average Bonchev–Trinajstić information content (AvgIpc) is 2.89. The quantitative estimate of drug-likeness (QED) is 0.680. The fourth-order valence-electron chi connectivity index (χ4n) is 2.88. The van der Waals surface area contributed by atoms with Gasteiger partial charge < -0.3 is 15.2 Å². The van der Waals surface area contributed by atoms with Crippen molar-refractivity contribution in [1.29, 1.82) is 0 Å². The molecule has 2 fully saturated rings. The Bertz CT molecular complexity index is 196. The molecule has 0 saturated heterocycles. The van der Waals surface area contributed by atoms with Crippen molar-refractivity contribution in [1.82, 2.24) is 5.32 Å². The van der Waals surface area contributed by atoms with Gasteiger partial charge in [-0.05, 0) is 25.7 Å². The summed E-state index contributed by atoms with van der Waals surface area (Å²) >= 11 is 0. The zero-order valence-electron chi connectivity index (χ0n) is 10.2. The molecule has 16 heavy (non-hydrogen) atoms. The van der Waals surface area contributed by atoms with E-state index in [1.54, 1.807) is 0 Å². The summed E-state index contributed by atoms with van der Waals surface area (Å²) in [7, 11) is 0. The molecule has 2 aliphatic rings. The van der Waals surface area contributed by atoms with Crippen LogP contribution >= 0.6 is 0 Å². The van der Waals surface area contributed by atoms with Crippen LogP contribution in [-0.4, -0.2) is 36.5 Å². The monoisotopic (exact) mass is 227 g/mol. The smallest absolute Gasteiger partial charge is 0.0771 e. The number of aliphatic hydroxyl groups is 1. The van der Waals surface area contributed by atoms with E-state index in [1.807, 2.05) is 0 Å². The number of hydrogen-bond acceptors (Lipinski definition) is 3. The van der Waals surface area contributed by atoms with Crippen molar-refractivity contribution in [3.05, 3.63) is 0 Å². The van der Waals surface area contributed by atoms with E-state index < -0.39 is 5.60 Å². The second kappa shape index (κ2) is 5.99. The van der Waals surface area contributed by atoms with Gasteiger partial charge in [0, 0.05) is 13.1 Å². The molecule has 2 N–H and O–H groups in total. The van der Waals surface area contributed by atoms with E-state index >= 15 is 0 Å². The van der Waals surface area contributed by atoms with E-state index in [0.717, 1.165) is 32.5 Å². The molecule has 3 heteroatoms. The minimum absolute atomic E-state index is 0.423. The summed E-state index contributed by atoms with van der Waals surface area (Å²) in [4.78, 5) is 0. The molecule has 0 bridgehead atoms. The summed E-state index contributed by atoms with van der Waals surface area (Å²) in [6, 6.07) is 0. The third-order valence-corrected chi connectivity index (χ3v) is 3.92. The topological polar surface area (TPSA) is 41.5 Å². The van der Waals surface area contributed by atoms with Gasteiger partial charge in [0.05, 0.1) is 18.3 Å². The Hall–Kier alpha value is -0.120. The van der Waals surface area contributed by atoms with Crippen molar-refractivity contribution in [3.8, 4) is 0 Å². The summed E-state index contributed by atoms with van der Waals surface area (Å²) < 4.78 is 5.76. The van der Waals surface area contributed by atoms with Crippen molar-refractivity contribution in [2.75, 3.05) is 19.7 Å². The highest BCUT2D eigenvalue weighted by Crippen LogP contribution is 2.28. The average molecular weight is 227 g/mol. The summed E-state index contributed by atoms with van der Waals surface area (Å²) in [6.45, 7) is 2.40. The standard InChI is InChI=1S/C13H25NO2/c15-13(7-3-4-8-13)11-14-9-10-16-12-5-1-2-6-12/h12,14-15H,1-11H2. The molecule has 0 unspecified atom stereocenters. The molecular weight excluding hydrogens is 202 g/mol. The van der Waals surface area contributed by atoms with Crippen LogP contribution in [0, 0.1) is 0 Å². The molecule has 0 aromatic rings. The van der Waals surface area contributed by atoms with E-state index in [1.165, 1.54) is 38.5 Å². The lowest BCUT2D eigenvalue weighted by Crippen LogP contribution is -2.39. The molecule has 0 aliphatic heterocycles. The first-order chi connectivity index (χ1) is 7.79. The molecule has 0 spiro atoms. The van der Waals surface area contributed by atoms with Gasteiger partial charge in [0.2, 0.25) is 0 Å². The highest BCUT2D eigenvalue weighted by Gasteiger charge is 2.30. The number of ether oxygens (including phenoxy) is 1. The van der Waals surface area contributed by atoms with Gasteiger partial charge in [-0.1, -0.05) is 25.7 Å². The van der Waals surface area contributed by atoms with Gasteiger partial charge in [-0.2, -0.15) is 0 Å². The molecule has 2 rings (SSSR count). The molecule has 0 aromatic carbocycles. The summed E-state index contributed by atoms with van der Waals surface area (Å²) in [6.07, 6.45) is 9.93. The van der Waals surface area contributed by atoms with Crippen LogP contribution in [0.1, 0.15) is 51.4 Å². The van der Waals surface area contributed by atoms with Gasteiger partial charge in [-0.15, -0.1) is 0 Å². The molecule has 94 valence electrons. The zero-order chi connectivity index (χ0) is 11.3. The Balaban J connectivity index is 1.48. The van der Waals surface area contributed by atoms with Gasteiger partial charge >= 0.3 is 0 Å². The number of nitrogens with one attached hydrogen (secondary N) is 1. The van der Waals surface area contributed by atoms with Crippen molar-refractivity contribution < 1.29 is 9.84 Å². The van der Waals surface area contributed by atoms with Crippen LogP contribution in [0.3, 0.4) is 0 Å². The van der Waals surface area contributed by atoms with Crippen LogP contribution in [-0.2, 0) is 4.74 Å². The van der Waals surface area contributed by atoms with Crippen molar-refractivity contribution in [2.24, 2.45) is 0 Å². The molecule has 0 amide bonds. The summed E-state index contributed by atoms with van der Waals surface area (Å²) in [5.41, 5.74) is -0.423. The Morgan fingerprint density at radius 1 is 1.12 bits per heavy atom. The minimum Gasteiger partial charge on any atom is -0.389 e. The molecule has 0 atom stereocenters. The second-order valence-electron chi connectivity index (χ2n) is 5.39. The number of rotatable bonds is 6. The lowest BCUT2D eigenvalue weighted by molar-refractivity contribution is 0.0364. The predicted molar refractivity (Wildman–Crippen MR) is 64.5 cm³/mol. The molecule has 0 radical (unpaired) electrons. The first kappa shape index (κ1) is 12.3. The Morgan fingerprint density at radius 3 is 2.50 bits per heavy atom. The van der Waals surface area contributed by atoms with Crippen molar-refractivity contribution in [3.63, 3.8) is 0 Å². The van der Waals surface area contributed by atoms with Crippen LogP contribution in [0.2, 0.25) is 0 Å². The maximum atomic E-state index is 10.1. The molecule has 2 aliphatic carbocycles. The molecular formula is C13H25NO2. The number of hydrogen-bond donors (Lipinski definition) is 2. The summed E-state index contributed by atoms with van der Waals surface area (Å²) in [5.74, 6) is 0. The van der Waals surface area contributed by atoms with Gasteiger partial charge in [-0.3, -0.25) is 0 Å². The van der Waals surface area contributed by atoms with Gasteiger partial charge in [-0.25, -0.2) is 0 Å². The van der Waals surface area contributed by atoms with E-state index in [-0.39, 0.29) is 0 Å². The SMILES string of the molecule is OC1(CNCCOC2CCCC2)CCCC1. The van der Waals surface area contributed by atoms with Crippen LogP contribution in [0.4, 0.5) is 0 Å². The Labute approximate surface area is 98.6 Å². The molecule has 3 nitrogen and oxygen atoms in total. The van der Waals surface area contributed by atoms with Gasteiger partial charge in [0.1, 0.15) is 0 Å². The maximum absolute atomic E-state index is 10.1. The van der Waals surface area contributed by atoms with Crippen LogP contribution in [0.25, 0.3) is 0 Å². The van der Waals surface area contributed by atoms with E-state index in [2.05, 4.69) is 5.32 Å². The highest BCUT2D eigenvalue weighted by atomic mass is 16.5. The van der Waals surface area contributed by atoms with Crippen molar-refractivity contribution in [2.45, 2.75) is 63.1 Å². The second-order valence-corrected chi connectivity index (χ2v) is 5.39.